The topological polar surface area (TPSA) is 0 Å². The van der Waals surface area contributed by atoms with Gasteiger partial charge in [0, 0.05) is 0 Å². The van der Waals surface area contributed by atoms with E-state index in [2.05, 4.69) is 88.4 Å². The minimum atomic E-state index is 0.0962. The van der Waals surface area contributed by atoms with Crippen molar-refractivity contribution >= 4 is 3.21 Å². The monoisotopic (exact) mass is 340 g/mol. The van der Waals surface area contributed by atoms with E-state index in [1.807, 2.05) is 0 Å². The molecule has 0 aromatic heterocycles. The maximum absolute atomic E-state index is 2.34. The van der Waals surface area contributed by atoms with E-state index in [0.29, 0.717) is 0 Å². The van der Waals surface area contributed by atoms with E-state index < -0.39 is 0 Å². The second kappa shape index (κ2) is 5.90. The van der Waals surface area contributed by atoms with Crippen LogP contribution in [-0.2, 0) is 35.1 Å². The van der Waals surface area contributed by atoms with Gasteiger partial charge < -0.3 is 0 Å². The second-order valence-electron chi connectivity index (χ2n) is 6.36. The molecule has 0 unspecified atom stereocenters. The van der Waals surface area contributed by atoms with Crippen LogP contribution in [0.4, 0.5) is 0 Å². The van der Waals surface area contributed by atoms with Gasteiger partial charge in [-0.2, -0.15) is 0 Å². The van der Waals surface area contributed by atoms with Crippen LogP contribution in [0.5, 0.6) is 0 Å². The van der Waals surface area contributed by atoms with Crippen LogP contribution in [-0.4, -0.2) is 3.21 Å². The summed E-state index contributed by atoms with van der Waals surface area (Å²) in [5.41, 5.74) is 2.99. The molecule has 0 saturated carbocycles. The Hall–Kier alpha value is -0.807. The van der Waals surface area contributed by atoms with Crippen molar-refractivity contribution in [2.45, 2.75) is 38.5 Å². The summed E-state index contributed by atoms with van der Waals surface area (Å²) in [4.78, 5) is 0. The number of rotatable bonds is 4. The Morgan fingerprint density at radius 3 is 1.25 bits per heavy atom. The molecule has 2 aromatic carbocycles. The van der Waals surface area contributed by atoms with Crippen LogP contribution in [0.25, 0.3) is 0 Å². The molecular weight excluding hydrogens is 319 g/mol. The van der Waals surface area contributed by atoms with E-state index in [1.165, 1.54) is 35.4 Å². The molecule has 0 N–H and O–H groups in total. The van der Waals surface area contributed by atoms with Crippen molar-refractivity contribution in [2.24, 2.45) is 0 Å². The first-order valence-electron chi connectivity index (χ1n) is 7.07. The fourth-order valence-corrected chi connectivity index (χ4v) is 3.49. The summed E-state index contributed by atoms with van der Waals surface area (Å²) in [6.07, 6.45) is 0. The molecule has 20 heavy (non-hydrogen) atoms. The Labute approximate surface area is 137 Å². The molecule has 2 aromatic rings. The molecule has 0 atom stereocenters. The first-order valence-corrected chi connectivity index (χ1v) is 8.30. The summed E-state index contributed by atoms with van der Waals surface area (Å²) in [6.45, 7) is 9.38. The van der Waals surface area contributed by atoms with E-state index in [-0.39, 0.29) is 10.8 Å². The van der Waals surface area contributed by atoms with Gasteiger partial charge in [-0.25, -0.2) is 0 Å². The molecule has 0 amide bonds. The van der Waals surface area contributed by atoms with Gasteiger partial charge in [0.1, 0.15) is 0 Å². The van der Waals surface area contributed by atoms with Gasteiger partial charge in [0.2, 0.25) is 0 Å². The third-order valence-electron chi connectivity index (χ3n) is 4.24. The van der Waals surface area contributed by atoms with Gasteiger partial charge in [-0.1, -0.05) is 0 Å². The molecule has 1 heteroatoms. The predicted molar refractivity (Wildman–Crippen MR) is 83.9 cm³/mol. The summed E-state index contributed by atoms with van der Waals surface area (Å²) < 4.78 is 1.58. The van der Waals surface area contributed by atoms with Crippen LogP contribution in [0.3, 0.4) is 0 Å². The van der Waals surface area contributed by atoms with Crippen LogP contribution in [0, 0.1) is 0 Å². The SMILES string of the molecule is CC(C)([C](=[Zr+2])C(C)(C)c1ccccc1)c1ccccc1. The Balaban J connectivity index is 2.40. The molecule has 0 saturated heterocycles. The average Bonchev–Trinajstić information content (AvgIpc) is 2.48. The third-order valence-corrected chi connectivity index (χ3v) is 7.31. The average molecular weight is 342 g/mol. The van der Waals surface area contributed by atoms with Crippen LogP contribution in [0.2, 0.25) is 0 Å². The summed E-state index contributed by atoms with van der Waals surface area (Å²) in [5, 5.41) is 0. The summed E-state index contributed by atoms with van der Waals surface area (Å²) >= 11 is 1.51. The van der Waals surface area contributed by atoms with Gasteiger partial charge in [0.15, 0.2) is 0 Å². The fraction of sp³-hybridized carbons (Fsp3) is 0.316. The van der Waals surface area contributed by atoms with Gasteiger partial charge in [-0.15, -0.1) is 0 Å². The molecule has 0 spiro atoms. The van der Waals surface area contributed by atoms with Gasteiger partial charge in [-0.05, 0) is 0 Å². The zero-order chi connectivity index (χ0) is 14.8. The van der Waals surface area contributed by atoms with Gasteiger partial charge in [0.05, 0.1) is 0 Å². The molecule has 0 fully saturated rings. The minimum absolute atomic E-state index is 0.0962. The molecule has 100 valence electrons. The fourth-order valence-electron chi connectivity index (χ4n) is 2.78. The standard InChI is InChI=1S/C19H22.Zr/c1-18(2,16-11-7-5-8-12-16)15-19(3,4)17-13-9-6-10-14-17;/h5-14H,1-4H3;/q;+2. The first-order chi connectivity index (χ1) is 9.37. The van der Waals surface area contributed by atoms with Gasteiger partial charge >= 0.3 is 138 Å². The van der Waals surface area contributed by atoms with Crippen molar-refractivity contribution in [1.29, 1.82) is 0 Å². The first kappa shape index (κ1) is 15.6. The molecule has 0 aliphatic rings. The zero-order valence-corrected chi connectivity index (χ0v) is 15.2. The molecule has 0 aliphatic heterocycles. The molecule has 0 bridgehead atoms. The van der Waals surface area contributed by atoms with Crippen LogP contribution < -0.4 is 0 Å². The van der Waals surface area contributed by atoms with Crippen LogP contribution in [0.15, 0.2) is 60.7 Å². The van der Waals surface area contributed by atoms with Crippen LogP contribution >= 0.6 is 0 Å². The molecular formula is C19H22Zr+2. The van der Waals surface area contributed by atoms with Crippen molar-refractivity contribution < 1.29 is 24.2 Å². The van der Waals surface area contributed by atoms with Crippen molar-refractivity contribution in [2.75, 3.05) is 0 Å². The number of benzene rings is 2. The summed E-state index contributed by atoms with van der Waals surface area (Å²) in [5.74, 6) is 0. The van der Waals surface area contributed by atoms with Crippen molar-refractivity contribution in [3.8, 4) is 0 Å². The molecule has 0 radical (unpaired) electrons. The van der Waals surface area contributed by atoms with E-state index >= 15 is 0 Å². The Kier molecular flexibility index (Phi) is 4.60. The zero-order valence-electron chi connectivity index (χ0n) is 12.8. The number of hydrogen-bond donors (Lipinski definition) is 0. The Morgan fingerprint density at radius 1 is 0.650 bits per heavy atom. The Morgan fingerprint density at radius 2 is 0.950 bits per heavy atom. The van der Waals surface area contributed by atoms with E-state index in [0.717, 1.165) is 0 Å². The normalized spacial score (nSPS) is 12.3. The second-order valence-corrected chi connectivity index (χ2v) is 7.59. The summed E-state index contributed by atoms with van der Waals surface area (Å²) in [6, 6.07) is 21.7. The molecule has 2 rings (SSSR count). The van der Waals surface area contributed by atoms with Gasteiger partial charge in [0.25, 0.3) is 0 Å². The van der Waals surface area contributed by atoms with E-state index in [9.17, 15) is 0 Å². The van der Waals surface area contributed by atoms with E-state index in [4.69, 9.17) is 0 Å². The molecule has 0 heterocycles. The number of hydrogen-bond acceptors (Lipinski definition) is 0. The van der Waals surface area contributed by atoms with E-state index in [1.54, 1.807) is 3.21 Å². The van der Waals surface area contributed by atoms with Crippen molar-refractivity contribution in [1.82, 2.24) is 0 Å². The maximum atomic E-state index is 2.34. The van der Waals surface area contributed by atoms with Crippen molar-refractivity contribution in [3.63, 3.8) is 0 Å². The Bertz CT molecular complexity index is 526. The quantitative estimate of drug-likeness (QED) is 0.758. The summed E-state index contributed by atoms with van der Waals surface area (Å²) in [7, 11) is 0. The third kappa shape index (κ3) is 2.93. The van der Waals surface area contributed by atoms with Gasteiger partial charge in [-0.3, -0.25) is 0 Å². The van der Waals surface area contributed by atoms with Crippen molar-refractivity contribution in [3.05, 3.63) is 71.8 Å². The molecule has 0 nitrogen and oxygen atoms in total. The van der Waals surface area contributed by atoms with Crippen LogP contribution in [0.1, 0.15) is 38.8 Å². The predicted octanol–water partition coefficient (Wildman–Crippen LogP) is 4.66. The molecule has 0 aliphatic carbocycles.